The van der Waals surface area contributed by atoms with Crippen molar-refractivity contribution in [1.29, 1.82) is 0 Å². The van der Waals surface area contributed by atoms with Crippen LogP contribution in [0.3, 0.4) is 0 Å². The molecule has 2 fully saturated rings. The maximum absolute atomic E-state index is 13.5. The number of hydrogen-bond acceptors (Lipinski definition) is 5. The van der Waals surface area contributed by atoms with Gasteiger partial charge in [-0.15, -0.1) is 0 Å². The Balaban J connectivity index is 1.68. The molecule has 0 spiro atoms. The first kappa shape index (κ1) is 17.2. The first-order valence-corrected chi connectivity index (χ1v) is 11.9. The number of benzene rings is 2. The van der Waals surface area contributed by atoms with Crippen LogP contribution in [0.25, 0.3) is 0 Å². The minimum absolute atomic E-state index is 0.154. The Morgan fingerprint density at radius 3 is 1.33 bits per heavy atom. The lowest BCUT2D eigenvalue weighted by molar-refractivity contribution is 0.350. The number of sulfone groups is 2. The van der Waals surface area contributed by atoms with Gasteiger partial charge in [0, 0.05) is 11.8 Å². The normalized spacial score (nSPS) is 34.2. The zero-order chi connectivity index (χ0) is 18.8. The summed E-state index contributed by atoms with van der Waals surface area (Å²) in [5, 5.41) is -2.10. The summed E-state index contributed by atoms with van der Waals surface area (Å²) in [4.78, 5) is 0.308. The molecule has 6 atom stereocenters. The van der Waals surface area contributed by atoms with Gasteiger partial charge in [0.15, 0.2) is 19.7 Å². The second-order valence-electron chi connectivity index (χ2n) is 7.25. The molecule has 0 radical (unpaired) electrons. The predicted octanol–water partition coefficient (Wildman–Crippen LogP) is 2.25. The highest BCUT2D eigenvalue weighted by atomic mass is 32.2. The number of fused-ring (bicyclic) bond motifs is 1. The molecule has 3 aliphatic carbocycles. The lowest BCUT2D eigenvalue weighted by Gasteiger charge is -2.41. The fourth-order valence-corrected chi connectivity index (χ4v) is 9.53. The Labute approximate surface area is 158 Å². The van der Waals surface area contributed by atoms with Crippen molar-refractivity contribution >= 4 is 19.7 Å². The fourth-order valence-electron chi connectivity index (χ4n) is 4.56. The molecular formula is C20H18O5S2. The second kappa shape index (κ2) is 5.77. The number of epoxide rings is 1. The molecule has 1 saturated carbocycles. The van der Waals surface area contributed by atoms with Gasteiger partial charge < -0.3 is 4.74 Å². The van der Waals surface area contributed by atoms with E-state index in [0.29, 0.717) is 0 Å². The molecule has 6 rings (SSSR count). The average molecular weight is 402 g/mol. The zero-order valence-corrected chi connectivity index (χ0v) is 15.9. The molecule has 1 saturated heterocycles. The van der Waals surface area contributed by atoms with Gasteiger partial charge in [-0.1, -0.05) is 48.6 Å². The van der Waals surface area contributed by atoms with Crippen LogP contribution in [0.2, 0.25) is 0 Å². The molecule has 1 aliphatic heterocycles. The van der Waals surface area contributed by atoms with Crippen LogP contribution in [0.1, 0.15) is 0 Å². The molecule has 2 aromatic carbocycles. The van der Waals surface area contributed by atoms with Gasteiger partial charge in [-0.2, -0.15) is 0 Å². The molecule has 0 unspecified atom stereocenters. The molecule has 4 aliphatic rings. The lowest BCUT2D eigenvalue weighted by Crippen LogP contribution is -2.56. The van der Waals surface area contributed by atoms with Crippen molar-refractivity contribution in [1.82, 2.24) is 0 Å². The molecular weight excluding hydrogens is 384 g/mol. The third kappa shape index (κ3) is 2.45. The molecule has 1 heterocycles. The van der Waals surface area contributed by atoms with E-state index < -0.39 is 42.0 Å². The van der Waals surface area contributed by atoms with Crippen molar-refractivity contribution in [2.45, 2.75) is 32.5 Å². The first-order chi connectivity index (χ1) is 12.9. The third-order valence-electron chi connectivity index (χ3n) is 5.82. The average Bonchev–Trinajstić information content (AvgIpc) is 3.51. The van der Waals surface area contributed by atoms with Crippen LogP contribution in [-0.4, -0.2) is 39.5 Å². The number of hydrogen-bond donors (Lipinski definition) is 0. The van der Waals surface area contributed by atoms with Gasteiger partial charge in [0.2, 0.25) is 0 Å². The van der Waals surface area contributed by atoms with E-state index in [1.807, 2.05) is 12.2 Å². The van der Waals surface area contributed by atoms with Crippen molar-refractivity contribution in [2.24, 2.45) is 11.8 Å². The molecule has 27 heavy (non-hydrogen) atoms. The molecule has 0 aromatic heterocycles. The van der Waals surface area contributed by atoms with E-state index in [9.17, 15) is 16.8 Å². The van der Waals surface area contributed by atoms with E-state index in [2.05, 4.69) is 0 Å². The highest BCUT2D eigenvalue weighted by molar-refractivity contribution is 7.96. The van der Waals surface area contributed by atoms with Crippen LogP contribution >= 0.6 is 0 Å². The van der Waals surface area contributed by atoms with Crippen molar-refractivity contribution in [3.63, 3.8) is 0 Å². The highest BCUT2D eigenvalue weighted by Gasteiger charge is 2.67. The maximum Gasteiger partial charge on any atom is 0.183 e. The highest BCUT2D eigenvalue weighted by Crippen LogP contribution is 2.54. The van der Waals surface area contributed by atoms with E-state index in [4.69, 9.17) is 4.74 Å². The quantitative estimate of drug-likeness (QED) is 0.579. The fraction of sp³-hybridized carbons (Fsp3) is 0.300. The van der Waals surface area contributed by atoms with E-state index in [1.54, 1.807) is 36.4 Å². The molecule has 7 heteroatoms. The molecule has 2 bridgehead atoms. The van der Waals surface area contributed by atoms with Gasteiger partial charge in [0.1, 0.15) is 0 Å². The van der Waals surface area contributed by atoms with Gasteiger partial charge in [0.25, 0.3) is 0 Å². The van der Waals surface area contributed by atoms with Gasteiger partial charge in [0.05, 0.1) is 32.5 Å². The summed E-state index contributed by atoms with van der Waals surface area (Å²) in [7, 11) is -7.70. The molecule has 140 valence electrons. The Kier molecular flexibility index (Phi) is 3.67. The second-order valence-corrected chi connectivity index (χ2v) is 11.5. The van der Waals surface area contributed by atoms with Gasteiger partial charge in [-0.3, -0.25) is 0 Å². The van der Waals surface area contributed by atoms with E-state index in [0.717, 1.165) is 0 Å². The van der Waals surface area contributed by atoms with Crippen LogP contribution in [0.15, 0.2) is 82.6 Å². The predicted molar refractivity (Wildman–Crippen MR) is 99.6 cm³/mol. The van der Waals surface area contributed by atoms with Gasteiger partial charge >= 0.3 is 0 Å². The third-order valence-corrected chi connectivity index (χ3v) is 10.5. The largest absolute Gasteiger partial charge is 0.368 e. The van der Waals surface area contributed by atoms with Crippen LogP contribution in [0, 0.1) is 11.8 Å². The molecule has 0 N–H and O–H groups in total. The molecule has 2 aromatic rings. The van der Waals surface area contributed by atoms with E-state index in [1.165, 1.54) is 24.3 Å². The zero-order valence-electron chi connectivity index (χ0n) is 14.3. The van der Waals surface area contributed by atoms with E-state index >= 15 is 0 Å². The van der Waals surface area contributed by atoms with Crippen molar-refractivity contribution in [3.8, 4) is 0 Å². The summed E-state index contributed by atoms with van der Waals surface area (Å²) in [6.45, 7) is 0. The van der Waals surface area contributed by atoms with Crippen LogP contribution < -0.4 is 0 Å². The van der Waals surface area contributed by atoms with Crippen molar-refractivity contribution in [2.75, 3.05) is 0 Å². The minimum Gasteiger partial charge on any atom is -0.368 e. The summed E-state index contributed by atoms with van der Waals surface area (Å²) < 4.78 is 59.6. The summed E-state index contributed by atoms with van der Waals surface area (Å²) in [6.07, 6.45) is 3.26. The standard InChI is InChI=1S/C20H18O5S2/c21-26(22,13-7-3-1-4-8-13)19-15-11-12-16(18-17(15)25-18)20(19)27(23,24)14-9-5-2-6-10-14/h1-12,15-20H/t15-,16+,17+,18-,19-,20-/m1/s1. The van der Waals surface area contributed by atoms with Crippen molar-refractivity contribution < 1.29 is 21.6 Å². The van der Waals surface area contributed by atoms with Crippen LogP contribution in [0.5, 0.6) is 0 Å². The SMILES string of the molecule is O=S(=O)(c1ccccc1)[C@@H]1[C@@H]2C=C[C@@H]([C@H]3O[C@@H]23)[C@H]1S(=O)(=O)c1ccccc1. The summed E-state index contributed by atoms with van der Waals surface area (Å²) in [6, 6.07) is 16.2. The van der Waals surface area contributed by atoms with Crippen LogP contribution in [0.4, 0.5) is 0 Å². The Hall–Kier alpha value is -1.96. The maximum atomic E-state index is 13.5. The Bertz CT molecular complexity index is 1020. The van der Waals surface area contributed by atoms with E-state index in [-0.39, 0.29) is 22.0 Å². The van der Waals surface area contributed by atoms with Crippen LogP contribution in [-0.2, 0) is 24.4 Å². The molecule has 0 amide bonds. The molecule has 5 nitrogen and oxygen atoms in total. The van der Waals surface area contributed by atoms with Gasteiger partial charge in [-0.05, 0) is 24.3 Å². The van der Waals surface area contributed by atoms with Crippen molar-refractivity contribution in [3.05, 3.63) is 72.8 Å². The number of rotatable bonds is 4. The topological polar surface area (TPSA) is 80.8 Å². The first-order valence-electron chi connectivity index (χ1n) is 8.84. The summed E-state index contributed by atoms with van der Waals surface area (Å²) in [5.74, 6) is -0.901. The Morgan fingerprint density at radius 1 is 0.593 bits per heavy atom. The Morgan fingerprint density at radius 2 is 0.963 bits per heavy atom. The number of ether oxygens (including phenoxy) is 1. The lowest BCUT2D eigenvalue weighted by atomic mass is 9.75. The summed E-state index contributed by atoms with van der Waals surface area (Å²) >= 11 is 0. The van der Waals surface area contributed by atoms with Gasteiger partial charge in [-0.25, -0.2) is 16.8 Å². The monoisotopic (exact) mass is 402 g/mol. The summed E-state index contributed by atoms with van der Waals surface area (Å²) in [5.41, 5.74) is 0. The minimum atomic E-state index is -3.85. The smallest absolute Gasteiger partial charge is 0.183 e.